The maximum absolute atomic E-state index is 14.1. The van der Waals surface area contributed by atoms with Gasteiger partial charge in [0.05, 0.1) is 16.7 Å². The largest absolute Gasteiger partial charge is 0.366 e. The summed E-state index contributed by atoms with van der Waals surface area (Å²) in [6.07, 6.45) is 1.73. The maximum Gasteiger partial charge on any atom is 0.204 e. The Balaban J connectivity index is 1.49. The quantitative estimate of drug-likeness (QED) is 0.549. The number of hydrogen-bond donors (Lipinski definition) is 0. The van der Waals surface area contributed by atoms with Gasteiger partial charge in [-0.25, -0.2) is 9.37 Å². The fraction of sp³-hybridized carbons (Fsp3) is 0.250. The van der Waals surface area contributed by atoms with Gasteiger partial charge < -0.3 is 9.80 Å². The second-order valence-corrected chi connectivity index (χ2v) is 6.88. The van der Waals surface area contributed by atoms with Gasteiger partial charge in [0.1, 0.15) is 12.1 Å². The summed E-state index contributed by atoms with van der Waals surface area (Å²) >= 11 is 0. The summed E-state index contributed by atoms with van der Waals surface area (Å²) in [5, 5.41) is 8.40. The summed E-state index contributed by atoms with van der Waals surface area (Å²) in [5.74, 6) is 0.655. The first kappa shape index (κ1) is 16.0. The van der Waals surface area contributed by atoms with E-state index in [-0.39, 0.29) is 5.82 Å². The molecule has 1 aliphatic heterocycles. The standard InChI is InChI=1S/C20H19FN6/c1-14-6-7-16-18(12-14)27-13-22-24-20(27)19(23-16)26-10-8-25(9-11-26)17-5-3-2-4-15(17)21/h2-7,12-13H,8-11H2,1H3. The summed E-state index contributed by atoms with van der Waals surface area (Å²) in [7, 11) is 0. The average molecular weight is 362 g/mol. The molecule has 5 rings (SSSR count). The lowest BCUT2D eigenvalue weighted by Crippen LogP contribution is -2.47. The number of halogens is 1. The summed E-state index contributed by atoms with van der Waals surface area (Å²) in [4.78, 5) is 9.16. The van der Waals surface area contributed by atoms with Crippen LogP contribution in [0.1, 0.15) is 5.56 Å². The molecule has 27 heavy (non-hydrogen) atoms. The van der Waals surface area contributed by atoms with Gasteiger partial charge in [-0.1, -0.05) is 18.2 Å². The first-order chi connectivity index (χ1) is 13.2. The number of benzene rings is 2. The van der Waals surface area contributed by atoms with E-state index in [4.69, 9.17) is 4.98 Å². The molecule has 2 aromatic carbocycles. The van der Waals surface area contributed by atoms with Crippen LogP contribution >= 0.6 is 0 Å². The Morgan fingerprint density at radius 2 is 1.74 bits per heavy atom. The lowest BCUT2D eigenvalue weighted by Gasteiger charge is -2.36. The highest BCUT2D eigenvalue weighted by Gasteiger charge is 2.23. The molecule has 1 aliphatic rings. The third-order valence-electron chi connectivity index (χ3n) is 5.14. The van der Waals surface area contributed by atoms with Crippen molar-refractivity contribution in [2.24, 2.45) is 0 Å². The van der Waals surface area contributed by atoms with Gasteiger partial charge in [0, 0.05) is 26.2 Å². The molecule has 0 atom stereocenters. The monoisotopic (exact) mass is 362 g/mol. The van der Waals surface area contributed by atoms with E-state index in [9.17, 15) is 4.39 Å². The number of piperazine rings is 1. The second kappa shape index (κ2) is 6.19. The molecule has 4 aromatic rings. The van der Waals surface area contributed by atoms with Crippen LogP contribution in [0.5, 0.6) is 0 Å². The summed E-state index contributed by atoms with van der Waals surface area (Å²) in [6.45, 7) is 5.03. The number of anilines is 2. The first-order valence-corrected chi connectivity index (χ1v) is 9.05. The minimum absolute atomic E-state index is 0.176. The molecule has 6 nitrogen and oxygen atoms in total. The van der Waals surface area contributed by atoms with E-state index in [1.807, 2.05) is 22.6 Å². The van der Waals surface area contributed by atoms with Crippen LogP contribution in [0.4, 0.5) is 15.9 Å². The van der Waals surface area contributed by atoms with Gasteiger partial charge in [-0.15, -0.1) is 10.2 Å². The minimum atomic E-state index is -0.176. The normalized spacial score (nSPS) is 15.0. The Kier molecular flexibility index (Phi) is 3.67. The third kappa shape index (κ3) is 2.66. The van der Waals surface area contributed by atoms with Gasteiger partial charge >= 0.3 is 0 Å². The summed E-state index contributed by atoms with van der Waals surface area (Å²) < 4.78 is 16.1. The van der Waals surface area contributed by atoms with Gasteiger partial charge in [0.2, 0.25) is 5.65 Å². The van der Waals surface area contributed by atoms with Gasteiger partial charge in [-0.05, 0) is 36.8 Å². The highest BCUT2D eigenvalue weighted by atomic mass is 19.1. The van der Waals surface area contributed by atoms with Crippen LogP contribution in [-0.4, -0.2) is 45.8 Å². The Labute approximate surface area is 155 Å². The van der Waals surface area contributed by atoms with Crippen molar-refractivity contribution >= 4 is 28.2 Å². The van der Waals surface area contributed by atoms with Crippen molar-refractivity contribution in [3.8, 4) is 0 Å². The average Bonchev–Trinajstić information content (AvgIpc) is 3.18. The molecular weight excluding hydrogens is 343 g/mol. The topological polar surface area (TPSA) is 49.6 Å². The molecule has 0 saturated carbocycles. The fourth-order valence-corrected chi connectivity index (χ4v) is 3.73. The molecule has 136 valence electrons. The zero-order chi connectivity index (χ0) is 18.4. The van der Waals surface area contributed by atoms with Gasteiger partial charge in [-0.2, -0.15) is 0 Å². The van der Waals surface area contributed by atoms with Crippen molar-refractivity contribution in [2.45, 2.75) is 6.92 Å². The molecule has 1 fully saturated rings. The molecule has 0 amide bonds. The number of aryl methyl sites for hydroxylation is 1. The molecule has 1 saturated heterocycles. The molecular formula is C20H19FN6. The van der Waals surface area contributed by atoms with Crippen LogP contribution in [0.2, 0.25) is 0 Å². The van der Waals surface area contributed by atoms with E-state index in [1.165, 1.54) is 11.6 Å². The zero-order valence-corrected chi connectivity index (χ0v) is 15.0. The molecule has 0 bridgehead atoms. The van der Waals surface area contributed by atoms with Crippen molar-refractivity contribution in [1.82, 2.24) is 19.6 Å². The zero-order valence-electron chi connectivity index (χ0n) is 15.0. The molecule has 0 radical (unpaired) electrons. The Hall–Kier alpha value is -3.22. The fourth-order valence-electron chi connectivity index (χ4n) is 3.73. The van der Waals surface area contributed by atoms with E-state index < -0.39 is 0 Å². The van der Waals surface area contributed by atoms with Crippen molar-refractivity contribution in [3.05, 3.63) is 60.2 Å². The Morgan fingerprint density at radius 1 is 0.963 bits per heavy atom. The number of fused-ring (bicyclic) bond motifs is 3. The summed E-state index contributed by atoms with van der Waals surface area (Å²) in [6, 6.07) is 13.1. The van der Waals surface area contributed by atoms with Crippen molar-refractivity contribution in [3.63, 3.8) is 0 Å². The van der Waals surface area contributed by atoms with Gasteiger partial charge in [0.15, 0.2) is 5.82 Å². The van der Waals surface area contributed by atoms with Crippen LogP contribution in [0.3, 0.4) is 0 Å². The second-order valence-electron chi connectivity index (χ2n) is 6.88. The lowest BCUT2D eigenvalue weighted by atomic mass is 10.2. The van der Waals surface area contributed by atoms with Crippen LogP contribution < -0.4 is 9.80 Å². The SMILES string of the molecule is Cc1ccc2nc(N3CCN(c4ccccc4F)CC3)c3nncn3c2c1. The molecule has 0 unspecified atom stereocenters. The predicted octanol–water partition coefficient (Wildman–Crippen LogP) is 3.05. The molecule has 0 aliphatic carbocycles. The number of nitrogens with zero attached hydrogens (tertiary/aromatic N) is 6. The molecule has 2 aromatic heterocycles. The Bertz CT molecular complexity index is 1130. The van der Waals surface area contributed by atoms with Crippen LogP contribution in [0.15, 0.2) is 48.8 Å². The molecule has 0 N–H and O–H groups in total. The van der Waals surface area contributed by atoms with Crippen molar-refractivity contribution in [1.29, 1.82) is 0 Å². The predicted molar refractivity (Wildman–Crippen MR) is 104 cm³/mol. The molecule has 3 heterocycles. The van der Waals surface area contributed by atoms with E-state index >= 15 is 0 Å². The minimum Gasteiger partial charge on any atom is -0.366 e. The number of aromatic nitrogens is 4. The molecule has 7 heteroatoms. The highest BCUT2D eigenvalue weighted by Crippen LogP contribution is 2.26. The van der Waals surface area contributed by atoms with Gasteiger partial charge in [-0.3, -0.25) is 4.40 Å². The highest BCUT2D eigenvalue weighted by molar-refractivity contribution is 5.83. The number of para-hydroxylation sites is 1. The maximum atomic E-state index is 14.1. The smallest absolute Gasteiger partial charge is 0.204 e. The van der Waals surface area contributed by atoms with E-state index in [0.717, 1.165) is 48.7 Å². The molecule has 0 spiro atoms. The first-order valence-electron chi connectivity index (χ1n) is 9.05. The number of hydrogen-bond acceptors (Lipinski definition) is 5. The summed E-state index contributed by atoms with van der Waals surface area (Å²) in [5.41, 5.74) is 4.51. The van der Waals surface area contributed by atoms with Crippen LogP contribution in [0.25, 0.3) is 16.7 Å². The van der Waals surface area contributed by atoms with E-state index in [2.05, 4.69) is 39.1 Å². The van der Waals surface area contributed by atoms with E-state index in [0.29, 0.717) is 5.69 Å². The Morgan fingerprint density at radius 3 is 2.56 bits per heavy atom. The van der Waals surface area contributed by atoms with Crippen molar-refractivity contribution < 1.29 is 4.39 Å². The number of rotatable bonds is 2. The third-order valence-corrected chi connectivity index (χ3v) is 5.14. The lowest BCUT2D eigenvalue weighted by molar-refractivity contribution is 0.596. The van der Waals surface area contributed by atoms with Gasteiger partial charge in [0.25, 0.3) is 0 Å². The van der Waals surface area contributed by atoms with Crippen LogP contribution in [-0.2, 0) is 0 Å². The van der Waals surface area contributed by atoms with E-state index in [1.54, 1.807) is 12.4 Å². The van der Waals surface area contributed by atoms with Crippen LogP contribution in [0, 0.1) is 12.7 Å². The van der Waals surface area contributed by atoms with Crippen molar-refractivity contribution in [2.75, 3.05) is 36.0 Å².